The van der Waals surface area contributed by atoms with E-state index in [4.69, 9.17) is 11.6 Å². The monoisotopic (exact) mass is 470 g/mol. The van der Waals surface area contributed by atoms with Crippen molar-refractivity contribution in [2.75, 3.05) is 18.4 Å². The molecule has 2 aromatic carbocycles. The van der Waals surface area contributed by atoms with Gasteiger partial charge in [-0.3, -0.25) is 4.79 Å². The minimum atomic E-state index is -3.54. The van der Waals surface area contributed by atoms with E-state index in [-0.39, 0.29) is 16.7 Å². The number of aryl methyl sites for hydroxylation is 1. The Bertz CT molecular complexity index is 940. The maximum Gasteiger partial charge on any atom is 0.243 e. The summed E-state index contributed by atoms with van der Waals surface area (Å²) < 4.78 is 27.8. The lowest BCUT2D eigenvalue weighted by Gasteiger charge is -2.30. The summed E-state index contributed by atoms with van der Waals surface area (Å²) in [4.78, 5) is 12.8. The van der Waals surface area contributed by atoms with Crippen molar-refractivity contribution in [1.29, 1.82) is 0 Å². The Morgan fingerprint density at radius 3 is 2.41 bits per heavy atom. The molecule has 1 aliphatic heterocycles. The Kier molecular flexibility index (Phi) is 6.25. The van der Waals surface area contributed by atoms with E-state index in [1.54, 1.807) is 36.4 Å². The Hall–Kier alpha value is -1.41. The summed E-state index contributed by atoms with van der Waals surface area (Å²) >= 11 is 9.30. The maximum atomic E-state index is 12.7. The SMILES string of the molecule is Cc1ccc(Cl)cc1NC(=O)C1CCN(S(=O)(=O)c2ccc(Br)cc2)CC1. The molecule has 1 amide bonds. The summed E-state index contributed by atoms with van der Waals surface area (Å²) in [6, 6.07) is 11.9. The number of carbonyl (C=O) groups excluding carboxylic acids is 1. The van der Waals surface area contributed by atoms with Gasteiger partial charge in [-0.1, -0.05) is 33.6 Å². The number of nitrogens with one attached hydrogen (secondary N) is 1. The number of carbonyl (C=O) groups is 1. The van der Waals surface area contributed by atoms with Gasteiger partial charge in [-0.2, -0.15) is 4.31 Å². The first-order valence-corrected chi connectivity index (χ1v) is 11.2. The van der Waals surface area contributed by atoms with Gasteiger partial charge in [0.05, 0.1) is 4.90 Å². The molecule has 1 saturated heterocycles. The van der Waals surface area contributed by atoms with E-state index < -0.39 is 10.0 Å². The molecule has 0 atom stereocenters. The van der Waals surface area contributed by atoms with Gasteiger partial charge >= 0.3 is 0 Å². The zero-order valence-corrected chi connectivity index (χ0v) is 17.9. The summed E-state index contributed by atoms with van der Waals surface area (Å²) in [5.74, 6) is -0.319. The molecule has 0 unspecified atom stereocenters. The highest BCUT2D eigenvalue weighted by atomic mass is 79.9. The predicted octanol–water partition coefficient (Wildman–Crippen LogP) is 4.45. The van der Waals surface area contributed by atoms with E-state index in [1.807, 2.05) is 13.0 Å². The van der Waals surface area contributed by atoms with Crippen molar-refractivity contribution in [2.45, 2.75) is 24.7 Å². The van der Waals surface area contributed by atoms with Crippen molar-refractivity contribution in [2.24, 2.45) is 5.92 Å². The molecule has 1 N–H and O–H groups in total. The third-order valence-corrected chi connectivity index (χ3v) is 7.41. The summed E-state index contributed by atoms with van der Waals surface area (Å²) in [5.41, 5.74) is 1.63. The lowest BCUT2D eigenvalue weighted by molar-refractivity contribution is -0.120. The molecular formula is C19H20BrClN2O3S. The predicted molar refractivity (Wildman–Crippen MR) is 110 cm³/mol. The number of hydrogen-bond donors (Lipinski definition) is 1. The fraction of sp³-hybridized carbons (Fsp3) is 0.316. The molecule has 0 spiro atoms. The van der Waals surface area contributed by atoms with Crippen LogP contribution in [0.2, 0.25) is 5.02 Å². The molecule has 0 bridgehead atoms. The van der Waals surface area contributed by atoms with E-state index in [0.29, 0.717) is 36.6 Å². The third kappa shape index (κ3) is 4.71. The third-order valence-electron chi connectivity index (χ3n) is 4.73. The number of sulfonamides is 1. The highest BCUT2D eigenvalue weighted by Crippen LogP contribution is 2.27. The maximum absolute atomic E-state index is 12.7. The second-order valence-electron chi connectivity index (χ2n) is 6.58. The van der Waals surface area contributed by atoms with Crippen LogP contribution in [-0.2, 0) is 14.8 Å². The van der Waals surface area contributed by atoms with Crippen molar-refractivity contribution in [3.63, 3.8) is 0 Å². The summed E-state index contributed by atoms with van der Waals surface area (Å²) in [5, 5.41) is 3.48. The Labute approximate surface area is 172 Å². The molecule has 0 radical (unpaired) electrons. The zero-order valence-electron chi connectivity index (χ0n) is 14.8. The highest BCUT2D eigenvalue weighted by molar-refractivity contribution is 9.10. The molecule has 8 heteroatoms. The smallest absolute Gasteiger partial charge is 0.243 e. The van der Waals surface area contributed by atoms with Crippen LogP contribution in [0.4, 0.5) is 5.69 Å². The summed E-state index contributed by atoms with van der Waals surface area (Å²) in [6.07, 6.45) is 0.975. The Balaban J connectivity index is 1.63. The minimum Gasteiger partial charge on any atom is -0.326 e. The van der Waals surface area contributed by atoms with Gasteiger partial charge in [-0.25, -0.2) is 8.42 Å². The molecule has 1 fully saturated rings. The van der Waals surface area contributed by atoms with Gasteiger partial charge < -0.3 is 5.32 Å². The van der Waals surface area contributed by atoms with E-state index in [0.717, 1.165) is 10.0 Å². The van der Waals surface area contributed by atoms with Crippen LogP contribution in [0.25, 0.3) is 0 Å². The first-order valence-electron chi connectivity index (χ1n) is 8.60. The number of benzene rings is 2. The Morgan fingerprint density at radius 2 is 1.78 bits per heavy atom. The summed E-state index contributed by atoms with van der Waals surface area (Å²) in [6.45, 7) is 2.55. The molecular weight excluding hydrogens is 452 g/mol. The van der Waals surface area contributed by atoms with Crippen LogP contribution in [-0.4, -0.2) is 31.7 Å². The molecule has 1 heterocycles. The van der Waals surface area contributed by atoms with Gasteiger partial charge in [0.1, 0.15) is 0 Å². The van der Waals surface area contributed by atoms with Gasteiger partial charge in [-0.05, 0) is 61.7 Å². The lowest BCUT2D eigenvalue weighted by atomic mass is 9.97. The normalized spacial score (nSPS) is 16.3. The van der Waals surface area contributed by atoms with Crippen LogP contribution in [0.15, 0.2) is 51.8 Å². The van der Waals surface area contributed by atoms with E-state index in [9.17, 15) is 13.2 Å². The summed E-state index contributed by atoms with van der Waals surface area (Å²) in [7, 11) is -3.54. The van der Waals surface area contributed by atoms with Gasteiger partial charge in [0, 0.05) is 34.2 Å². The molecule has 27 heavy (non-hydrogen) atoms. The van der Waals surface area contributed by atoms with Crippen LogP contribution < -0.4 is 5.32 Å². The second-order valence-corrected chi connectivity index (χ2v) is 9.87. The first kappa shape index (κ1) is 20.3. The minimum absolute atomic E-state index is 0.0962. The van der Waals surface area contributed by atoms with E-state index in [2.05, 4.69) is 21.2 Å². The number of anilines is 1. The van der Waals surface area contributed by atoms with Crippen LogP contribution in [0, 0.1) is 12.8 Å². The number of nitrogens with zero attached hydrogens (tertiary/aromatic N) is 1. The topological polar surface area (TPSA) is 66.5 Å². The van der Waals surface area contributed by atoms with Crippen molar-refractivity contribution in [3.05, 3.63) is 57.5 Å². The molecule has 144 valence electrons. The van der Waals surface area contributed by atoms with Gasteiger partial charge in [-0.15, -0.1) is 0 Å². The first-order chi connectivity index (χ1) is 12.8. The van der Waals surface area contributed by atoms with Crippen molar-refractivity contribution in [3.8, 4) is 0 Å². The molecule has 3 rings (SSSR count). The van der Waals surface area contributed by atoms with Crippen LogP contribution in [0.1, 0.15) is 18.4 Å². The second kappa shape index (κ2) is 8.31. The molecule has 5 nitrogen and oxygen atoms in total. The molecule has 0 saturated carbocycles. The van der Waals surface area contributed by atoms with Gasteiger partial charge in [0.15, 0.2) is 0 Å². The van der Waals surface area contributed by atoms with Crippen molar-refractivity contribution < 1.29 is 13.2 Å². The molecule has 0 aromatic heterocycles. The van der Waals surface area contributed by atoms with Crippen LogP contribution in [0.5, 0.6) is 0 Å². The average Bonchev–Trinajstić information content (AvgIpc) is 2.65. The number of rotatable bonds is 4. The van der Waals surface area contributed by atoms with Crippen LogP contribution in [0.3, 0.4) is 0 Å². The fourth-order valence-electron chi connectivity index (χ4n) is 3.08. The van der Waals surface area contributed by atoms with Crippen molar-refractivity contribution in [1.82, 2.24) is 4.31 Å². The van der Waals surface area contributed by atoms with E-state index >= 15 is 0 Å². The molecule has 2 aromatic rings. The van der Waals surface area contributed by atoms with Gasteiger partial charge in [0.2, 0.25) is 15.9 Å². The highest BCUT2D eigenvalue weighted by Gasteiger charge is 2.32. The number of halogens is 2. The fourth-order valence-corrected chi connectivity index (χ4v) is 4.98. The van der Waals surface area contributed by atoms with E-state index in [1.165, 1.54) is 4.31 Å². The van der Waals surface area contributed by atoms with Crippen molar-refractivity contribution >= 4 is 49.1 Å². The molecule has 1 aliphatic rings. The lowest BCUT2D eigenvalue weighted by Crippen LogP contribution is -2.41. The largest absolute Gasteiger partial charge is 0.326 e. The Morgan fingerprint density at radius 1 is 1.15 bits per heavy atom. The number of hydrogen-bond acceptors (Lipinski definition) is 3. The van der Waals surface area contributed by atoms with Gasteiger partial charge in [0.25, 0.3) is 0 Å². The van der Waals surface area contributed by atoms with Crippen LogP contribution >= 0.6 is 27.5 Å². The number of piperidine rings is 1. The quantitative estimate of drug-likeness (QED) is 0.716. The zero-order chi connectivity index (χ0) is 19.6. The standard InChI is InChI=1S/C19H20BrClN2O3S/c1-13-2-5-16(21)12-18(13)22-19(24)14-8-10-23(11-9-14)27(25,26)17-6-3-15(20)4-7-17/h2-7,12,14H,8-11H2,1H3,(H,22,24). The number of amides is 1. The molecule has 0 aliphatic carbocycles. The average molecular weight is 472 g/mol.